The molecule has 10 heteroatoms. The minimum Gasteiger partial charge on any atom is -0.508 e. The Morgan fingerprint density at radius 2 is 1.29 bits per heavy atom. The summed E-state index contributed by atoms with van der Waals surface area (Å²) in [4.78, 5) is 30.9. The summed E-state index contributed by atoms with van der Waals surface area (Å²) < 4.78 is 17.1. The predicted molar refractivity (Wildman–Crippen MR) is 157 cm³/mol. The van der Waals surface area contributed by atoms with Crippen molar-refractivity contribution in [2.75, 3.05) is 13.1 Å². The maximum Gasteiger partial charge on any atom is 0.429 e. The predicted octanol–water partition coefficient (Wildman–Crippen LogP) is 6.63. The summed E-state index contributed by atoms with van der Waals surface area (Å²) >= 11 is 0. The van der Waals surface area contributed by atoms with Crippen LogP contribution in [0.5, 0.6) is 17.4 Å². The molecule has 0 saturated heterocycles. The van der Waals surface area contributed by atoms with Crippen molar-refractivity contribution in [2.45, 2.75) is 65.6 Å². The lowest BCUT2D eigenvalue weighted by atomic mass is 10.1. The number of carbonyl (C=O) groups excluding carboxylic acids is 2. The summed E-state index contributed by atoms with van der Waals surface area (Å²) in [6, 6.07) is 19.1. The van der Waals surface area contributed by atoms with Crippen LogP contribution in [0, 0.1) is 11.3 Å². The number of phenolic OH excluding ortho intramolecular Hbond substituents is 1. The lowest BCUT2D eigenvalue weighted by Gasteiger charge is -2.36. The highest BCUT2D eigenvalue weighted by molar-refractivity contribution is 5.74. The van der Waals surface area contributed by atoms with Gasteiger partial charge < -0.3 is 19.3 Å². The molecule has 1 aromatic heterocycles. The van der Waals surface area contributed by atoms with Crippen molar-refractivity contribution in [2.24, 2.45) is 0 Å². The Kier molecular flexibility index (Phi) is 10.4. The highest BCUT2D eigenvalue weighted by atomic mass is 16.6. The van der Waals surface area contributed by atoms with E-state index in [9.17, 15) is 14.7 Å². The molecule has 2 amide bonds. The Bertz CT molecular complexity index is 1390. The van der Waals surface area contributed by atoms with E-state index >= 15 is 0 Å². The average Bonchev–Trinajstić information content (AvgIpc) is 2.90. The van der Waals surface area contributed by atoms with E-state index < -0.39 is 23.4 Å². The monoisotopic (exact) mass is 574 g/mol. The Labute approximate surface area is 247 Å². The molecule has 3 rings (SSSR count). The summed E-state index contributed by atoms with van der Waals surface area (Å²) in [5.41, 5.74) is 0.624. The molecule has 0 aliphatic rings. The molecule has 0 aliphatic carbocycles. The van der Waals surface area contributed by atoms with Gasteiger partial charge in [0.25, 0.3) is 0 Å². The van der Waals surface area contributed by atoms with E-state index in [1.807, 2.05) is 12.1 Å². The van der Waals surface area contributed by atoms with Crippen molar-refractivity contribution in [1.29, 1.82) is 5.26 Å². The van der Waals surface area contributed by atoms with Crippen molar-refractivity contribution in [1.82, 2.24) is 15.0 Å². The van der Waals surface area contributed by atoms with E-state index in [1.54, 1.807) is 90.1 Å². The molecular weight excluding hydrogens is 536 g/mol. The number of rotatable bonds is 8. The molecule has 0 aliphatic heterocycles. The van der Waals surface area contributed by atoms with Crippen molar-refractivity contribution >= 4 is 12.2 Å². The number of benzene rings is 2. The molecule has 0 saturated carbocycles. The highest BCUT2D eigenvalue weighted by Gasteiger charge is 2.33. The molecule has 0 bridgehead atoms. The third-order valence-corrected chi connectivity index (χ3v) is 5.67. The van der Waals surface area contributed by atoms with Crippen LogP contribution >= 0.6 is 0 Å². The summed E-state index contributed by atoms with van der Waals surface area (Å²) in [6.45, 7) is 10.8. The number of carbonyl (C=O) groups is 2. The normalized spacial score (nSPS) is 11.3. The molecule has 2 aromatic carbocycles. The van der Waals surface area contributed by atoms with Crippen LogP contribution in [0.15, 0.2) is 66.9 Å². The van der Waals surface area contributed by atoms with Crippen molar-refractivity contribution in [3.05, 3.63) is 83.6 Å². The number of amides is 2. The number of nitriles is 1. The van der Waals surface area contributed by atoms with E-state index in [0.717, 1.165) is 11.1 Å². The second-order valence-electron chi connectivity index (χ2n) is 11.6. The van der Waals surface area contributed by atoms with Gasteiger partial charge in [0.1, 0.15) is 22.7 Å². The molecule has 0 fully saturated rings. The Morgan fingerprint density at radius 1 is 0.810 bits per heavy atom. The number of aromatic nitrogens is 1. The van der Waals surface area contributed by atoms with Gasteiger partial charge in [-0.1, -0.05) is 24.3 Å². The van der Waals surface area contributed by atoms with Crippen LogP contribution in [-0.4, -0.2) is 56.6 Å². The van der Waals surface area contributed by atoms with Gasteiger partial charge in [-0.05, 0) is 95.8 Å². The molecule has 1 N–H and O–H groups in total. The zero-order valence-electron chi connectivity index (χ0n) is 25.0. The molecule has 0 atom stereocenters. The summed E-state index contributed by atoms with van der Waals surface area (Å²) in [5, 5.41) is 21.3. The molecule has 1 heterocycles. The maximum absolute atomic E-state index is 13.4. The lowest BCUT2D eigenvalue weighted by Crippen LogP contribution is -2.54. The van der Waals surface area contributed by atoms with Crippen LogP contribution < -0.4 is 4.74 Å². The number of pyridine rings is 1. The Hall–Kier alpha value is -4.78. The number of nitrogens with zero attached hydrogens (tertiary/aromatic N) is 4. The molecule has 0 unspecified atom stereocenters. The quantitative estimate of drug-likeness (QED) is 0.297. The number of ether oxygens (including phenoxy) is 3. The molecule has 222 valence electrons. The Morgan fingerprint density at radius 3 is 1.74 bits per heavy atom. The first-order valence-corrected chi connectivity index (χ1v) is 13.6. The van der Waals surface area contributed by atoms with E-state index in [-0.39, 0.29) is 18.8 Å². The van der Waals surface area contributed by atoms with Crippen LogP contribution in [0.2, 0.25) is 0 Å². The van der Waals surface area contributed by atoms with Gasteiger partial charge in [-0.2, -0.15) is 5.26 Å². The smallest absolute Gasteiger partial charge is 0.429 e. The largest absolute Gasteiger partial charge is 0.508 e. The van der Waals surface area contributed by atoms with Gasteiger partial charge in [0.2, 0.25) is 5.88 Å². The van der Waals surface area contributed by atoms with Gasteiger partial charge in [0.05, 0.1) is 24.7 Å². The van der Waals surface area contributed by atoms with Crippen molar-refractivity contribution < 1.29 is 28.9 Å². The van der Waals surface area contributed by atoms with Crippen LogP contribution in [-0.2, 0) is 22.3 Å². The van der Waals surface area contributed by atoms with Gasteiger partial charge >= 0.3 is 12.2 Å². The highest BCUT2D eigenvalue weighted by Crippen LogP contribution is 2.22. The topological polar surface area (TPSA) is 125 Å². The van der Waals surface area contributed by atoms with Crippen LogP contribution in [0.1, 0.15) is 58.2 Å². The van der Waals surface area contributed by atoms with Gasteiger partial charge in [-0.15, -0.1) is 0 Å². The maximum atomic E-state index is 13.4. The summed E-state index contributed by atoms with van der Waals surface area (Å²) in [6.07, 6.45) is 0.961. The van der Waals surface area contributed by atoms with E-state index in [2.05, 4.69) is 11.1 Å². The first kappa shape index (κ1) is 31.7. The molecule has 42 heavy (non-hydrogen) atoms. The first-order valence-electron chi connectivity index (χ1n) is 13.6. The molecule has 3 aromatic rings. The van der Waals surface area contributed by atoms with Crippen LogP contribution in [0.25, 0.3) is 0 Å². The minimum absolute atomic E-state index is 0.135. The fourth-order valence-corrected chi connectivity index (χ4v) is 3.76. The fraction of sp³-hybridized carbons (Fsp3) is 0.375. The lowest BCUT2D eigenvalue weighted by molar-refractivity contribution is -0.0620. The van der Waals surface area contributed by atoms with E-state index in [1.165, 1.54) is 16.2 Å². The van der Waals surface area contributed by atoms with Crippen molar-refractivity contribution in [3.63, 3.8) is 0 Å². The second kappa shape index (κ2) is 13.7. The minimum atomic E-state index is -0.790. The van der Waals surface area contributed by atoms with Gasteiger partial charge in [0, 0.05) is 12.3 Å². The number of hydrogen-bond donors (Lipinski definition) is 1. The van der Waals surface area contributed by atoms with Crippen LogP contribution in [0.3, 0.4) is 0 Å². The number of hydrazine groups is 1. The van der Waals surface area contributed by atoms with Gasteiger partial charge in [-0.3, -0.25) is 0 Å². The first-order chi connectivity index (χ1) is 19.7. The van der Waals surface area contributed by atoms with Crippen LogP contribution in [0.4, 0.5) is 9.59 Å². The van der Waals surface area contributed by atoms with E-state index in [4.69, 9.17) is 19.5 Å². The molecule has 0 spiro atoms. The second-order valence-corrected chi connectivity index (χ2v) is 11.6. The molecule has 0 radical (unpaired) electrons. The van der Waals surface area contributed by atoms with E-state index in [0.29, 0.717) is 30.0 Å². The SMILES string of the molecule is CC(C)(C)OC(=O)N(CCc1ccc(O)cc1)N(CCc1ccc(Oc2cc(C#N)ccn2)cc1)C(=O)OC(C)(C)C. The Balaban J connectivity index is 1.81. The molecular formula is C32H38N4O6. The zero-order valence-corrected chi connectivity index (χ0v) is 25.0. The average molecular weight is 575 g/mol. The number of phenols is 1. The van der Waals surface area contributed by atoms with Gasteiger partial charge in [0.15, 0.2) is 0 Å². The number of aromatic hydroxyl groups is 1. The fourth-order valence-electron chi connectivity index (χ4n) is 3.76. The van der Waals surface area contributed by atoms with Gasteiger partial charge in [-0.25, -0.2) is 24.6 Å². The summed E-state index contributed by atoms with van der Waals surface area (Å²) in [7, 11) is 0. The van der Waals surface area contributed by atoms with Crippen molar-refractivity contribution in [3.8, 4) is 23.4 Å². The number of hydrogen-bond acceptors (Lipinski definition) is 8. The standard InChI is InChI=1S/C32H38N4O6/c1-31(2,3)41-29(38)35(19-16-23-7-11-26(37)12-8-23)36(30(39)42-32(4,5)6)20-17-24-9-13-27(14-10-24)40-28-21-25(22-33)15-18-34-28/h7-15,18,21,37H,16-17,19-20H2,1-6H3. The third-order valence-electron chi connectivity index (χ3n) is 5.67. The zero-order chi connectivity index (χ0) is 30.9. The third kappa shape index (κ3) is 10.3. The molecule has 10 nitrogen and oxygen atoms in total. The summed E-state index contributed by atoms with van der Waals surface area (Å²) in [5.74, 6) is 0.982.